The minimum Gasteiger partial charge on any atom is -0.497 e. The number of methoxy groups -OCH3 is 1. The highest BCUT2D eigenvalue weighted by molar-refractivity contribution is 5.90. The van der Waals surface area contributed by atoms with Crippen molar-refractivity contribution in [3.05, 3.63) is 71.3 Å². The Hall–Kier alpha value is -3.15. The third-order valence-corrected chi connectivity index (χ3v) is 4.49. The van der Waals surface area contributed by atoms with Crippen LogP contribution in [0.25, 0.3) is 5.69 Å². The van der Waals surface area contributed by atoms with E-state index in [0.29, 0.717) is 6.42 Å². The van der Waals surface area contributed by atoms with E-state index in [1.54, 1.807) is 25.3 Å². The Morgan fingerprint density at radius 2 is 1.96 bits per heavy atom. The molecule has 0 atom stereocenters. The SMILES string of the molecule is COc1cccc(-n2nc(C)c(CCC(=O)Nc3ccccc3F)c2C)c1. The lowest BCUT2D eigenvalue weighted by atomic mass is 10.1. The fraction of sp³-hybridized carbons (Fsp3) is 0.238. The number of ether oxygens (including phenoxy) is 1. The van der Waals surface area contributed by atoms with Crippen LogP contribution in [-0.4, -0.2) is 22.8 Å². The van der Waals surface area contributed by atoms with Gasteiger partial charge >= 0.3 is 0 Å². The highest BCUT2D eigenvalue weighted by Gasteiger charge is 2.15. The summed E-state index contributed by atoms with van der Waals surface area (Å²) in [6.45, 7) is 3.90. The summed E-state index contributed by atoms with van der Waals surface area (Å²) in [5, 5.41) is 7.22. The number of anilines is 1. The van der Waals surface area contributed by atoms with Crippen molar-refractivity contribution in [2.45, 2.75) is 26.7 Å². The number of para-hydroxylation sites is 1. The van der Waals surface area contributed by atoms with E-state index in [9.17, 15) is 9.18 Å². The van der Waals surface area contributed by atoms with Gasteiger partial charge in [0.25, 0.3) is 0 Å². The van der Waals surface area contributed by atoms with E-state index in [1.165, 1.54) is 6.07 Å². The van der Waals surface area contributed by atoms with Gasteiger partial charge < -0.3 is 10.1 Å². The third-order valence-electron chi connectivity index (χ3n) is 4.49. The van der Waals surface area contributed by atoms with E-state index in [4.69, 9.17) is 4.74 Å². The van der Waals surface area contributed by atoms with Gasteiger partial charge in [0.1, 0.15) is 11.6 Å². The Morgan fingerprint density at radius 1 is 1.19 bits per heavy atom. The number of aryl methyl sites for hydroxylation is 1. The highest BCUT2D eigenvalue weighted by atomic mass is 19.1. The number of hydrogen-bond acceptors (Lipinski definition) is 3. The second-order valence-corrected chi connectivity index (χ2v) is 6.29. The summed E-state index contributed by atoms with van der Waals surface area (Å²) in [5.74, 6) is 0.0861. The van der Waals surface area contributed by atoms with Crippen LogP contribution >= 0.6 is 0 Å². The van der Waals surface area contributed by atoms with Crippen molar-refractivity contribution >= 4 is 11.6 Å². The Kier molecular flexibility index (Phi) is 5.54. The molecular formula is C21H22FN3O2. The number of hydrogen-bond donors (Lipinski definition) is 1. The predicted molar refractivity (Wildman–Crippen MR) is 103 cm³/mol. The smallest absolute Gasteiger partial charge is 0.224 e. The molecule has 0 radical (unpaired) electrons. The predicted octanol–water partition coefficient (Wildman–Crippen LogP) is 4.21. The summed E-state index contributed by atoms with van der Waals surface area (Å²) in [4.78, 5) is 12.2. The van der Waals surface area contributed by atoms with Gasteiger partial charge in [0, 0.05) is 18.2 Å². The summed E-state index contributed by atoms with van der Waals surface area (Å²) in [6, 6.07) is 13.8. The zero-order valence-electron chi connectivity index (χ0n) is 15.6. The molecule has 1 amide bonds. The molecule has 0 bridgehead atoms. The minimum absolute atomic E-state index is 0.197. The normalized spacial score (nSPS) is 10.7. The minimum atomic E-state index is -0.441. The molecule has 0 aliphatic carbocycles. The Balaban J connectivity index is 1.73. The van der Waals surface area contributed by atoms with Crippen LogP contribution in [0, 0.1) is 19.7 Å². The monoisotopic (exact) mass is 367 g/mol. The number of nitrogens with one attached hydrogen (secondary N) is 1. The average molecular weight is 367 g/mol. The maximum Gasteiger partial charge on any atom is 0.224 e. The zero-order chi connectivity index (χ0) is 19.4. The second-order valence-electron chi connectivity index (χ2n) is 6.29. The number of benzene rings is 2. The molecule has 6 heteroatoms. The van der Waals surface area contributed by atoms with Crippen LogP contribution in [0.15, 0.2) is 48.5 Å². The maximum absolute atomic E-state index is 13.7. The molecule has 1 N–H and O–H groups in total. The van der Waals surface area contributed by atoms with E-state index >= 15 is 0 Å². The number of halogens is 1. The summed E-state index contributed by atoms with van der Waals surface area (Å²) >= 11 is 0. The molecule has 0 fully saturated rings. The quantitative estimate of drug-likeness (QED) is 0.710. The van der Waals surface area contributed by atoms with Crippen molar-refractivity contribution in [2.75, 3.05) is 12.4 Å². The molecule has 0 aliphatic heterocycles. The first-order valence-corrected chi connectivity index (χ1v) is 8.73. The van der Waals surface area contributed by atoms with E-state index in [-0.39, 0.29) is 18.0 Å². The van der Waals surface area contributed by atoms with E-state index < -0.39 is 5.82 Å². The molecule has 0 spiro atoms. The van der Waals surface area contributed by atoms with Crippen molar-refractivity contribution in [3.63, 3.8) is 0 Å². The summed E-state index contributed by atoms with van der Waals surface area (Å²) in [5.41, 5.74) is 3.95. The highest BCUT2D eigenvalue weighted by Crippen LogP contribution is 2.22. The molecule has 0 saturated carbocycles. The van der Waals surface area contributed by atoms with Gasteiger partial charge in [-0.25, -0.2) is 9.07 Å². The van der Waals surface area contributed by atoms with Gasteiger partial charge in [0.15, 0.2) is 0 Å². The van der Waals surface area contributed by atoms with Crippen LogP contribution < -0.4 is 10.1 Å². The molecule has 5 nitrogen and oxygen atoms in total. The van der Waals surface area contributed by atoms with E-state index in [2.05, 4.69) is 10.4 Å². The van der Waals surface area contributed by atoms with Gasteiger partial charge in [-0.3, -0.25) is 4.79 Å². The first-order chi connectivity index (χ1) is 13.0. The van der Waals surface area contributed by atoms with Crippen LogP contribution in [0.4, 0.5) is 10.1 Å². The largest absolute Gasteiger partial charge is 0.497 e. The van der Waals surface area contributed by atoms with Crippen molar-refractivity contribution in [1.29, 1.82) is 0 Å². The Morgan fingerprint density at radius 3 is 2.70 bits per heavy atom. The van der Waals surface area contributed by atoms with Crippen LogP contribution in [0.3, 0.4) is 0 Å². The molecule has 3 rings (SSSR count). The lowest BCUT2D eigenvalue weighted by Crippen LogP contribution is -2.13. The van der Waals surface area contributed by atoms with Gasteiger partial charge in [0.2, 0.25) is 5.91 Å². The maximum atomic E-state index is 13.7. The summed E-state index contributed by atoms with van der Waals surface area (Å²) in [6.07, 6.45) is 0.780. The summed E-state index contributed by atoms with van der Waals surface area (Å²) < 4.78 is 20.8. The molecule has 0 aliphatic rings. The first-order valence-electron chi connectivity index (χ1n) is 8.73. The van der Waals surface area contributed by atoms with E-state index in [0.717, 1.165) is 28.4 Å². The molecule has 27 heavy (non-hydrogen) atoms. The standard InChI is InChI=1S/C21H22FN3O2/c1-14-18(11-12-21(26)23-20-10-5-4-9-19(20)22)15(2)25(24-14)16-7-6-8-17(13-16)27-3/h4-10,13H,11-12H2,1-3H3,(H,23,26). The first kappa shape index (κ1) is 18.6. The summed E-state index contributed by atoms with van der Waals surface area (Å²) in [7, 11) is 1.62. The molecule has 140 valence electrons. The lowest BCUT2D eigenvalue weighted by molar-refractivity contribution is -0.116. The molecule has 1 aromatic heterocycles. The van der Waals surface area contributed by atoms with Crippen LogP contribution in [0.2, 0.25) is 0 Å². The van der Waals surface area contributed by atoms with Gasteiger partial charge in [0.05, 0.1) is 24.2 Å². The third kappa shape index (κ3) is 4.16. The van der Waals surface area contributed by atoms with Gasteiger partial charge in [-0.15, -0.1) is 0 Å². The molecule has 3 aromatic rings. The van der Waals surface area contributed by atoms with Crippen LogP contribution in [0.1, 0.15) is 23.4 Å². The molecule has 1 heterocycles. The average Bonchev–Trinajstić information content (AvgIpc) is 2.96. The number of nitrogens with zero attached hydrogens (tertiary/aromatic N) is 2. The van der Waals surface area contributed by atoms with Crippen molar-refractivity contribution in [2.24, 2.45) is 0 Å². The van der Waals surface area contributed by atoms with E-state index in [1.807, 2.05) is 42.8 Å². The van der Waals surface area contributed by atoms with Crippen molar-refractivity contribution < 1.29 is 13.9 Å². The number of rotatable bonds is 6. The molecule has 2 aromatic carbocycles. The fourth-order valence-corrected chi connectivity index (χ4v) is 3.04. The van der Waals surface area contributed by atoms with Crippen molar-refractivity contribution in [1.82, 2.24) is 9.78 Å². The van der Waals surface area contributed by atoms with Crippen molar-refractivity contribution in [3.8, 4) is 11.4 Å². The molecule has 0 saturated heterocycles. The van der Waals surface area contributed by atoms with Gasteiger partial charge in [-0.2, -0.15) is 5.10 Å². The number of carbonyl (C=O) groups is 1. The van der Waals surface area contributed by atoms with Gasteiger partial charge in [-0.05, 0) is 50.1 Å². The topological polar surface area (TPSA) is 56.2 Å². The number of carbonyl (C=O) groups excluding carboxylic acids is 1. The number of aromatic nitrogens is 2. The van der Waals surface area contributed by atoms with Gasteiger partial charge in [-0.1, -0.05) is 18.2 Å². The lowest BCUT2D eigenvalue weighted by Gasteiger charge is -2.08. The fourth-order valence-electron chi connectivity index (χ4n) is 3.04. The Bertz CT molecular complexity index is 966. The zero-order valence-corrected chi connectivity index (χ0v) is 15.6. The molecule has 0 unspecified atom stereocenters. The van der Waals surface area contributed by atoms with Crippen LogP contribution in [-0.2, 0) is 11.2 Å². The van der Waals surface area contributed by atoms with Crippen LogP contribution in [0.5, 0.6) is 5.75 Å². The Labute approximate surface area is 157 Å². The number of amides is 1. The molecular weight excluding hydrogens is 345 g/mol. The second kappa shape index (κ2) is 8.03.